The number of pyridine rings is 1. The Morgan fingerprint density at radius 1 is 0.933 bits per heavy atom. The van der Waals surface area contributed by atoms with Crippen molar-refractivity contribution < 1.29 is 9.47 Å². The van der Waals surface area contributed by atoms with Crippen LogP contribution in [0.25, 0.3) is 11.1 Å². The highest BCUT2D eigenvalue weighted by atomic mass is 16.5. The summed E-state index contributed by atoms with van der Waals surface area (Å²) in [5.41, 5.74) is 2.23. The first-order valence-electron chi connectivity index (χ1n) is 10.1. The quantitative estimate of drug-likeness (QED) is 0.620. The highest BCUT2D eigenvalue weighted by molar-refractivity contribution is 5.64. The molecule has 1 fully saturated rings. The number of hydrogen-bond acceptors (Lipinski definition) is 7. The maximum absolute atomic E-state index is 6.21. The molecule has 1 saturated heterocycles. The van der Waals surface area contributed by atoms with Crippen LogP contribution >= 0.6 is 0 Å². The van der Waals surface area contributed by atoms with Crippen LogP contribution in [0.4, 0.5) is 11.8 Å². The van der Waals surface area contributed by atoms with Gasteiger partial charge in [0.05, 0.1) is 7.11 Å². The van der Waals surface area contributed by atoms with Crippen LogP contribution in [0.2, 0.25) is 0 Å². The maximum Gasteiger partial charge on any atom is 0.228 e. The van der Waals surface area contributed by atoms with Crippen molar-refractivity contribution in [2.24, 2.45) is 0 Å². The number of hydrogen-bond donors (Lipinski definition) is 0. The molecule has 0 atom stereocenters. The summed E-state index contributed by atoms with van der Waals surface area (Å²) in [6, 6.07) is 14.1. The Morgan fingerprint density at radius 3 is 2.30 bits per heavy atom. The number of methoxy groups -OCH3 is 1. The van der Waals surface area contributed by atoms with Crippen LogP contribution in [0, 0.1) is 0 Å². The summed E-state index contributed by atoms with van der Waals surface area (Å²) in [5.74, 6) is 3.15. The lowest BCUT2D eigenvalue weighted by atomic mass is 10.1. The van der Waals surface area contributed by atoms with Gasteiger partial charge in [-0.15, -0.1) is 0 Å². The molecule has 30 heavy (non-hydrogen) atoms. The fourth-order valence-electron chi connectivity index (χ4n) is 3.51. The molecule has 0 bridgehead atoms. The number of anilines is 2. The third kappa shape index (κ3) is 4.62. The molecule has 0 unspecified atom stereocenters. The number of ether oxygens (including phenoxy) is 2. The number of piperidine rings is 1. The molecule has 2 aromatic heterocycles. The smallest absolute Gasteiger partial charge is 0.228 e. The Hall–Kier alpha value is -3.35. The predicted molar refractivity (Wildman–Crippen MR) is 118 cm³/mol. The monoisotopic (exact) mass is 405 g/mol. The number of aromatic nitrogens is 3. The van der Waals surface area contributed by atoms with E-state index in [1.54, 1.807) is 19.4 Å². The summed E-state index contributed by atoms with van der Waals surface area (Å²) in [7, 11) is 5.59. The van der Waals surface area contributed by atoms with Gasteiger partial charge in [-0.2, -0.15) is 4.98 Å². The molecule has 3 heterocycles. The van der Waals surface area contributed by atoms with Gasteiger partial charge in [0.2, 0.25) is 11.8 Å². The normalized spacial score (nSPS) is 14.4. The lowest BCUT2D eigenvalue weighted by molar-refractivity contribution is 0.170. The lowest BCUT2D eigenvalue weighted by Crippen LogP contribution is -2.39. The summed E-state index contributed by atoms with van der Waals surface area (Å²) in [6.07, 6.45) is 5.69. The molecule has 1 aliphatic rings. The highest BCUT2D eigenvalue weighted by Crippen LogP contribution is 2.26. The second-order valence-electron chi connectivity index (χ2n) is 7.53. The van der Waals surface area contributed by atoms with Gasteiger partial charge in [-0.25, -0.2) is 9.97 Å². The molecule has 0 amide bonds. The molecule has 0 saturated carbocycles. The first-order chi connectivity index (χ1) is 14.6. The molecule has 0 aliphatic carbocycles. The summed E-state index contributed by atoms with van der Waals surface area (Å²) in [5, 5.41) is 0. The molecule has 7 heteroatoms. The van der Waals surface area contributed by atoms with E-state index in [4.69, 9.17) is 9.47 Å². The molecule has 4 rings (SSSR count). The van der Waals surface area contributed by atoms with E-state index >= 15 is 0 Å². The molecule has 1 aliphatic heterocycles. The average Bonchev–Trinajstić information content (AvgIpc) is 2.80. The van der Waals surface area contributed by atoms with Crippen molar-refractivity contribution in [1.82, 2.24) is 15.0 Å². The van der Waals surface area contributed by atoms with Crippen LogP contribution in [0.1, 0.15) is 12.8 Å². The molecule has 0 radical (unpaired) electrons. The van der Waals surface area contributed by atoms with Crippen LogP contribution in [-0.4, -0.2) is 55.4 Å². The molecule has 3 aromatic rings. The van der Waals surface area contributed by atoms with Crippen molar-refractivity contribution in [3.8, 4) is 22.8 Å². The molecule has 0 spiro atoms. The Kier molecular flexibility index (Phi) is 5.97. The topological polar surface area (TPSA) is 63.6 Å². The van der Waals surface area contributed by atoms with E-state index in [-0.39, 0.29) is 6.10 Å². The van der Waals surface area contributed by atoms with E-state index in [0.29, 0.717) is 11.8 Å². The Bertz CT molecular complexity index is 952. The van der Waals surface area contributed by atoms with Crippen LogP contribution < -0.4 is 19.3 Å². The third-order valence-corrected chi connectivity index (χ3v) is 5.25. The minimum Gasteiger partial charge on any atom is -0.490 e. The number of benzene rings is 1. The second-order valence-corrected chi connectivity index (χ2v) is 7.53. The Labute approximate surface area is 177 Å². The molecule has 0 N–H and O–H groups in total. The van der Waals surface area contributed by atoms with Crippen molar-refractivity contribution in [2.75, 3.05) is 44.1 Å². The summed E-state index contributed by atoms with van der Waals surface area (Å²) in [4.78, 5) is 17.4. The van der Waals surface area contributed by atoms with Crippen molar-refractivity contribution >= 4 is 11.8 Å². The van der Waals surface area contributed by atoms with Gasteiger partial charge in [-0.05, 0) is 29.8 Å². The zero-order valence-corrected chi connectivity index (χ0v) is 17.7. The molecule has 156 valence electrons. The van der Waals surface area contributed by atoms with Crippen LogP contribution in [0.3, 0.4) is 0 Å². The van der Waals surface area contributed by atoms with E-state index in [0.717, 1.165) is 48.6 Å². The molecular formula is C23H27N5O2. The molecular weight excluding hydrogens is 378 g/mol. The van der Waals surface area contributed by atoms with E-state index in [1.165, 1.54) is 0 Å². The van der Waals surface area contributed by atoms with Crippen molar-refractivity contribution in [3.05, 3.63) is 54.9 Å². The lowest BCUT2D eigenvalue weighted by Gasteiger charge is -2.32. The van der Waals surface area contributed by atoms with Crippen molar-refractivity contribution in [3.63, 3.8) is 0 Å². The van der Waals surface area contributed by atoms with E-state index < -0.39 is 0 Å². The standard InChI is InChI=1S/C23H27N5O2/c1-27(2)21-9-6-18(16-25-21)17-4-7-19(8-5-17)30-20-11-14-28(15-12-20)23-24-13-10-22(26-23)29-3/h4-10,13,16,20H,11-12,14-15H2,1-3H3. The van der Waals surface area contributed by atoms with Crippen LogP contribution in [0.5, 0.6) is 11.6 Å². The van der Waals surface area contributed by atoms with Crippen molar-refractivity contribution in [2.45, 2.75) is 18.9 Å². The number of nitrogens with zero attached hydrogens (tertiary/aromatic N) is 5. The fraction of sp³-hybridized carbons (Fsp3) is 0.348. The van der Waals surface area contributed by atoms with Gasteiger partial charge < -0.3 is 19.3 Å². The first kappa shape index (κ1) is 19.9. The summed E-state index contributed by atoms with van der Waals surface area (Å²) in [6.45, 7) is 1.72. The zero-order chi connectivity index (χ0) is 20.9. The summed E-state index contributed by atoms with van der Waals surface area (Å²) >= 11 is 0. The van der Waals surface area contributed by atoms with Gasteiger partial charge in [0, 0.05) is 64.1 Å². The predicted octanol–water partition coefficient (Wildman–Crippen LogP) is 3.66. The van der Waals surface area contributed by atoms with Crippen LogP contribution in [-0.2, 0) is 0 Å². The minimum atomic E-state index is 0.193. The molecule has 7 nitrogen and oxygen atoms in total. The van der Waals surface area contributed by atoms with Gasteiger partial charge in [-0.3, -0.25) is 0 Å². The third-order valence-electron chi connectivity index (χ3n) is 5.25. The average molecular weight is 406 g/mol. The van der Waals surface area contributed by atoms with Gasteiger partial charge >= 0.3 is 0 Å². The zero-order valence-electron chi connectivity index (χ0n) is 17.7. The molecule has 1 aromatic carbocycles. The van der Waals surface area contributed by atoms with E-state index in [1.807, 2.05) is 43.4 Å². The number of rotatable bonds is 6. The Morgan fingerprint density at radius 2 is 1.67 bits per heavy atom. The van der Waals surface area contributed by atoms with Gasteiger partial charge in [-0.1, -0.05) is 12.1 Å². The van der Waals surface area contributed by atoms with Crippen LogP contribution in [0.15, 0.2) is 54.9 Å². The van der Waals surface area contributed by atoms with Gasteiger partial charge in [0.25, 0.3) is 0 Å². The van der Waals surface area contributed by atoms with E-state index in [9.17, 15) is 0 Å². The first-order valence-corrected chi connectivity index (χ1v) is 10.1. The SMILES string of the molecule is COc1ccnc(N2CCC(Oc3ccc(-c4ccc(N(C)C)nc4)cc3)CC2)n1. The highest BCUT2D eigenvalue weighted by Gasteiger charge is 2.22. The van der Waals surface area contributed by atoms with Crippen molar-refractivity contribution in [1.29, 1.82) is 0 Å². The van der Waals surface area contributed by atoms with E-state index in [2.05, 4.69) is 38.1 Å². The maximum atomic E-state index is 6.21. The summed E-state index contributed by atoms with van der Waals surface area (Å²) < 4.78 is 11.4. The largest absolute Gasteiger partial charge is 0.490 e. The second kappa shape index (κ2) is 8.98. The van der Waals surface area contributed by atoms with Gasteiger partial charge in [0.1, 0.15) is 17.7 Å². The minimum absolute atomic E-state index is 0.193. The fourth-order valence-corrected chi connectivity index (χ4v) is 3.51. The Balaban J connectivity index is 1.33. The van der Waals surface area contributed by atoms with Gasteiger partial charge in [0.15, 0.2) is 0 Å².